The van der Waals surface area contributed by atoms with E-state index in [0.717, 1.165) is 30.8 Å². The Morgan fingerprint density at radius 3 is 2.84 bits per heavy atom. The third-order valence-corrected chi connectivity index (χ3v) is 5.23. The van der Waals surface area contributed by atoms with E-state index in [-0.39, 0.29) is 5.60 Å². The van der Waals surface area contributed by atoms with Gasteiger partial charge >= 0.3 is 0 Å². The molecule has 0 aliphatic carbocycles. The van der Waals surface area contributed by atoms with Crippen LogP contribution in [0.15, 0.2) is 18.2 Å². The zero-order chi connectivity index (χ0) is 13.3. The zero-order valence-corrected chi connectivity index (χ0v) is 12.4. The topological polar surface area (TPSA) is 30.5 Å². The third kappa shape index (κ3) is 2.43. The van der Waals surface area contributed by atoms with Gasteiger partial charge in [0.25, 0.3) is 0 Å². The van der Waals surface area contributed by atoms with Gasteiger partial charge in [0, 0.05) is 18.0 Å². The van der Waals surface area contributed by atoms with Gasteiger partial charge in [0.15, 0.2) is 0 Å². The lowest BCUT2D eigenvalue weighted by Crippen LogP contribution is -2.46. The molecule has 0 aromatic heterocycles. The predicted molar refractivity (Wildman–Crippen MR) is 79.3 cm³/mol. The van der Waals surface area contributed by atoms with Crippen LogP contribution in [-0.4, -0.2) is 31.3 Å². The second-order valence-corrected chi connectivity index (χ2v) is 6.57. The van der Waals surface area contributed by atoms with E-state index in [2.05, 4.69) is 17.4 Å². The van der Waals surface area contributed by atoms with Crippen molar-refractivity contribution in [2.24, 2.45) is 0 Å². The molecule has 2 heterocycles. The van der Waals surface area contributed by atoms with Crippen LogP contribution in [0.1, 0.15) is 30.9 Å². The van der Waals surface area contributed by atoms with Crippen LogP contribution in [0, 0.1) is 0 Å². The van der Waals surface area contributed by atoms with Crippen molar-refractivity contribution < 1.29 is 9.47 Å². The van der Waals surface area contributed by atoms with Crippen LogP contribution in [0.25, 0.3) is 0 Å². The summed E-state index contributed by atoms with van der Waals surface area (Å²) in [7, 11) is 3.74. The molecular weight excluding hydrogens is 258 g/mol. The number of rotatable bonds is 2. The van der Waals surface area contributed by atoms with Gasteiger partial charge in [0.2, 0.25) is 0 Å². The summed E-state index contributed by atoms with van der Waals surface area (Å²) in [5.74, 6) is 4.35. The molecule has 19 heavy (non-hydrogen) atoms. The Bertz CT molecular complexity index is 457. The van der Waals surface area contributed by atoms with Crippen molar-refractivity contribution in [1.29, 1.82) is 0 Å². The molecule has 2 aliphatic heterocycles. The Hall–Kier alpha value is -0.870. The maximum absolute atomic E-state index is 6.38. The van der Waals surface area contributed by atoms with Crippen LogP contribution in [0.5, 0.6) is 11.5 Å². The van der Waals surface area contributed by atoms with Crippen molar-refractivity contribution >= 4 is 11.8 Å². The Labute approximate surface area is 119 Å². The first-order valence-electron chi connectivity index (χ1n) is 6.88. The van der Waals surface area contributed by atoms with Gasteiger partial charge in [-0.2, -0.15) is 11.8 Å². The highest BCUT2D eigenvalue weighted by molar-refractivity contribution is 7.99. The summed E-state index contributed by atoms with van der Waals surface area (Å²) < 4.78 is 11.7. The van der Waals surface area contributed by atoms with Crippen LogP contribution in [-0.2, 0) is 0 Å². The summed E-state index contributed by atoms with van der Waals surface area (Å²) in [5, 5.41) is 3.44. The van der Waals surface area contributed by atoms with Crippen LogP contribution in [0.2, 0.25) is 0 Å². The second-order valence-electron chi connectivity index (χ2n) is 5.35. The van der Waals surface area contributed by atoms with Gasteiger partial charge in [0.1, 0.15) is 17.1 Å². The summed E-state index contributed by atoms with van der Waals surface area (Å²) in [6.07, 6.45) is 3.37. The van der Waals surface area contributed by atoms with E-state index in [9.17, 15) is 0 Å². The van der Waals surface area contributed by atoms with E-state index in [4.69, 9.17) is 9.47 Å². The minimum atomic E-state index is 0.0422. The SMILES string of the molecule is CNC1CC2(CCSCC2)Oc2ccc(OC)cc21. The Morgan fingerprint density at radius 1 is 1.37 bits per heavy atom. The first kappa shape index (κ1) is 13.1. The molecule has 1 fully saturated rings. The molecule has 3 nitrogen and oxygen atoms in total. The summed E-state index contributed by atoms with van der Waals surface area (Å²) in [5.41, 5.74) is 1.27. The first-order valence-corrected chi connectivity index (χ1v) is 8.04. The maximum Gasteiger partial charge on any atom is 0.125 e. The number of benzene rings is 1. The smallest absolute Gasteiger partial charge is 0.125 e. The van der Waals surface area contributed by atoms with E-state index in [1.807, 2.05) is 24.9 Å². The molecule has 1 N–H and O–H groups in total. The van der Waals surface area contributed by atoms with Crippen molar-refractivity contribution in [3.05, 3.63) is 23.8 Å². The molecule has 0 radical (unpaired) electrons. The molecule has 1 aromatic rings. The van der Waals surface area contributed by atoms with Gasteiger partial charge in [-0.15, -0.1) is 0 Å². The largest absolute Gasteiger partial charge is 0.497 e. The molecule has 4 heteroatoms. The number of thioether (sulfide) groups is 1. The molecule has 0 bridgehead atoms. The zero-order valence-electron chi connectivity index (χ0n) is 11.6. The molecule has 3 rings (SSSR count). The highest BCUT2D eigenvalue weighted by atomic mass is 32.2. The maximum atomic E-state index is 6.38. The molecule has 1 aromatic carbocycles. The van der Waals surface area contributed by atoms with Gasteiger partial charge in [-0.05, 0) is 49.6 Å². The molecule has 1 saturated heterocycles. The molecule has 2 aliphatic rings. The molecule has 1 spiro atoms. The summed E-state index contributed by atoms with van der Waals surface area (Å²) in [4.78, 5) is 0. The lowest BCUT2D eigenvalue weighted by molar-refractivity contribution is 0.0235. The Morgan fingerprint density at radius 2 is 2.16 bits per heavy atom. The highest BCUT2D eigenvalue weighted by Crippen LogP contribution is 2.46. The number of hydrogen-bond acceptors (Lipinski definition) is 4. The van der Waals surface area contributed by atoms with E-state index in [0.29, 0.717) is 6.04 Å². The van der Waals surface area contributed by atoms with Gasteiger partial charge in [0.05, 0.1) is 7.11 Å². The van der Waals surface area contributed by atoms with Crippen molar-refractivity contribution in [2.75, 3.05) is 25.7 Å². The first-order chi connectivity index (χ1) is 9.26. The monoisotopic (exact) mass is 279 g/mol. The predicted octanol–water partition coefficient (Wildman–Crippen LogP) is 3.00. The van der Waals surface area contributed by atoms with E-state index in [1.165, 1.54) is 17.1 Å². The molecule has 0 saturated carbocycles. The van der Waals surface area contributed by atoms with Crippen LogP contribution in [0.4, 0.5) is 0 Å². The fourth-order valence-electron chi connectivity index (χ4n) is 3.08. The summed E-state index contributed by atoms with van der Waals surface area (Å²) in [6.45, 7) is 0. The van der Waals surface area contributed by atoms with E-state index < -0.39 is 0 Å². The number of ether oxygens (including phenoxy) is 2. The minimum Gasteiger partial charge on any atom is -0.497 e. The van der Waals surface area contributed by atoms with Gasteiger partial charge in [-0.1, -0.05) is 0 Å². The third-order valence-electron chi connectivity index (χ3n) is 4.25. The standard InChI is InChI=1S/C15H21NO2S/c1-16-13-10-15(5-7-19-8-6-15)18-14-4-3-11(17-2)9-12(13)14/h3-4,9,13,16H,5-8,10H2,1-2H3. The average Bonchev–Trinajstić information content (AvgIpc) is 2.47. The lowest BCUT2D eigenvalue weighted by Gasteiger charge is -2.44. The molecular formula is C15H21NO2S. The van der Waals surface area contributed by atoms with Crippen molar-refractivity contribution in [1.82, 2.24) is 5.32 Å². The van der Waals surface area contributed by atoms with Crippen molar-refractivity contribution in [3.8, 4) is 11.5 Å². The fourth-order valence-corrected chi connectivity index (χ4v) is 4.32. The molecule has 1 atom stereocenters. The van der Waals surface area contributed by atoms with Gasteiger partial charge in [-0.25, -0.2) is 0 Å². The number of methoxy groups -OCH3 is 1. The van der Waals surface area contributed by atoms with Crippen molar-refractivity contribution in [2.45, 2.75) is 30.9 Å². The van der Waals surface area contributed by atoms with Crippen LogP contribution < -0.4 is 14.8 Å². The van der Waals surface area contributed by atoms with Gasteiger partial charge in [-0.3, -0.25) is 0 Å². The lowest BCUT2D eigenvalue weighted by atomic mass is 9.83. The number of fused-ring (bicyclic) bond motifs is 1. The Kier molecular flexibility index (Phi) is 3.63. The number of hydrogen-bond donors (Lipinski definition) is 1. The van der Waals surface area contributed by atoms with E-state index >= 15 is 0 Å². The highest BCUT2D eigenvalue weighted by Gasteiger charge is 2.41. The molecule has 1 unspecified atom stereocenters. The number of nitrogens with one attached hydrogen (secondary N) is 1. The van der Waals surface area contributed by atoms with Crippen LogP contribution >= 0.6 is 11.8 Å². The average molecular weight is 279 g/mol. The summed E-state index contributed by atoms with van der Waals surface area (Å²) in [6, 6.07) is 6.51. The normalized spacial score (nSPS) is 24.6. The Balaban J connectivity index is 1.94. The van der Waals surface area contributed by atoms with E-state index in [1.54, 1.807) is 7.11 Å². The van der Waals surface area contributed by atoms with Gasteiger partial charge < -0.3 is 14.8 Å². The molecule has 104 valence electrons. The van der Waals surface area contributed by atoms with Crippen LogP contribution in [0.3, 0.4) is 0 Å². The van der Waals surface area contributed by atoms with Crippen molar-refractivity contribution in [3.63, 3.8) is 0 Å². The quantitative estimate of drug-likeness (QED) is 0.901. The fraction of sp³-hybridized carbons (Fsp3) is 0.600. The summed E-state index contributed by atoms with van der Waals surface area (Å²) >= 11 is 2.04. The minimum absolute atomic E-state index is 0.0422. The second kappa shape index (κ2) is 5.25. The molecule has 0 amide bonds.